The third kappa shape index (κ3) is 4.87. The van der Waals surface area contributed by atoms with Crippen LogP contribution in [0.15, 0.2) is 24.3 Å². The molecule has 1 amide bonds. The van der Waals surface area contributed by atoms with E-state index in [0.717, 1.165) is 29.8 Å². The van der Waals surface area contributed by atoms with Gasteiger partial charge in [-0.25, -0.2) is 4.98 Å². The molecule has 1 unspecified atom stereocenters. The van der Waals surface area contributed by atoms with E-state index >= 15 is 0 Å². The number of aromatic nitrogens is 2. The molecule has 1 aromatic carbocycles. The largest absolute Gasteiger partial charge is 0.346 e. The van der Waals surface area contributed by atoms with Gasteiger partial charge in [-0.1, -0.05) is 12.1 Å². The molecule has 5 nitrogen and oxygen atoms in total. The third-order valence-electron chi connectivity index (χ3n) is 3.42. The minimum Gasteiger partial charge on any atom is -0.346 e. The summed E-state index contributed by atoms with van der Waals surface area (Å²) in [7, 11) is 3.87. The van der Waals surface area contributed by atoms with Gasteiger partial charge in [0.2, 0.25) is 5.91 Å². The zero-order chi connectivity index (χ0) is 14.5. The first-order valence-corrected chi connectivity index (χ1v) is 6.98. The van der Waals surface area contributed by atoms with E-state index in [1.165, 1.54) is 0 Å². The zero-order valence-corrected chi connectivity index (χ0v) is 14.8. The van der Waals surface area contributed by atoms with E-state index in [1.54, 1.807) is 0 Å². The Bertz CT molecular complexity index is 600. The van der Waals surface area contributed by atoms with Crippen LogP contribution < -0.4 is 10.6 Å². The molecule has 0 aliphatic carbocycles. The van der Waals surface area contributed by atoms with E-state index in [9.17, 15) is 4.79 Å². The SMILES string of the molecule is CNCCCC(=O)NC(C)c1nc2ccccc2n1C.Cl.Cl. The molecule has 124 valence electrons. The minimum absolute atomic E-state index is 0. The van der Waals surface area contributed by atoms with Crippen LogP contribution in [0, 0.1) is 0 Å². The molecule has 2 N–H and O–H groups in total. The molecule has 0 aliphatic heterocycles. The number of benzene rings is 1. The van der Waals surface area contributed by atoms with Gasteiger partial charge in [-0.05, 0) is 39.1 Å². The maximum atomic E-state index is 11.9. The van der Waals surface area contributed by atoms with Gasteiger partial charge in [-0.3, -0.25) is 4.79 Å². The van der Waals surface area contributed by atoms with Gasteiger partial charge in [0.05, 0.1) is 17.1 Å². The number of nitrogens with zero attached hydrogens (tertiary/aromatic N) is 2. The van der Waals surface area contributed by atoms with Gasteiger partial charge in [0.25, 0.3) is 0 Å². The average molecular weight is 347 g/mol. The van der Waals surface area contributed by atoms with E-state index in [4.69, 9.17) is 0 Å². The molecule has 7 heteroatoms. The molecule has 1 aromatic heterocycles. The molecule has 2 aromatic rings. The number of imidazole rings is 1. The Morgan fingerprint density at radius 1 is 1.32 bits per heavy atom. The second kappa shape index (κ2) is 9.66. The van der Waals surface area contributed by atoms with Gasteiger partial charge < -0.3 is 15.2 Å². The molecule has 0 spiro atoms. The Hall–Kier alpha value is -1.30. The van der Waals surface area contributed by atoms with Crippen molar-refractivity contribution in [2.24, 2.45) is 7.05 Å². The number of para-hydroxylation sites is 2. The molecular weight excluding hydrogens is 323 g/mol. The van der Waals surface area contributed by atoms with Crippen LogP contribution in [0.5, 0.6) is 0 Å². The lowest BCUT2D eigenvalue weighted by Crippen LogP contribution is -2.28. The van der Waals surface area contributed by atoms with Crippen LogP contribution in [-0.2, 0) is 11.8 Å². The maximum absolute atomic E-state index is 11.9. The van der Waals surface area contributed by atoms with Crippen molar-refractivity contribution in [2.75, 3.05) is 13.6 Å². The maximum Gasteiger partial charge on any atom is 0.220 e. The van der Waals surface area contributed by atoms with E-state index in [2.05, 4.69) is 15.6 Å². The number of hydrogen-bond donors (Lipinski definition) is 2. The summed E-state index contributed by atoms with van der Waals surface area (Å²) < 4.78 is 2.04. The lowest BCUT2D eigenvalue weighted by Gasteiger charge is -2.13. The molecule has 0 aliphatic rings. The number of hydrogen-bond acceptors (Lipinski definition) is 3. The molecule has 1 heterocycles. The van der Waals surface area contributed by atoms with Crippen molar-refractivity contribution in [3.63, 3.8) is 0 Å². The number of nitrogens with one attached hydrogen (secondary N) is 2. The average Bonchev–Trinajstić information content (AvgIpc) is 2.77. The summed E-state index contributed by atoms with van der Waals surface area (Å²) in [5.41, 5.74) is 2.04. The van der Waals surface area contributed by atoms with Crippen LogP contribution in [0.4, 0.5) is 0 Å². The highest BCUT2D eigenvalue weighted by atomic mass is 35.5. The Balaban J connectivity index is 0.00000220. The lowest BCUT2D eigenvalue weighted by atomic mass is 10.2. The summed E-state index contributed by atoms with van der Waals surface area (Å²) in [4.78, 5) is 16.4. The summed E-state index contributed by atoms with van der Waals surface area (Å²) in [6.45, 7) is 2.82. The zero-order valence-electron chi connectivity index (χ0n) is 13.1. The lowest BCUT2D eigenvalue weighted by molar-refractivity contribution is -0.121. The summed E-state index contributed by atoms with van der Waals surface area (Å²) in [6.07, 6.45) is 1.38. The van der Waals surface area contributed by atoms with Crippen molar-refractivity contribution in [1.29, 1.82) is 0 Å². The van der Waals surface area contributed by atoms with E-state index in [1.807, 2.05) is 49.9 Å². The van der Waals surface area contributed by atoms with Crippen molar-refractivity contribution in [2.45, 2.75) is 25.8 Å². The second-order valence-electron chi connectivity index (χ2n) is 5.01. The Kier molecular flexibility index (Phi) is 9.09. The van der Waals surface area contributed by atoms with Crippen LogP contribution >= 0.6 is 24.8 Å². The minimum atomic E-state index is -0.0884. The van der Waals surface area contributed by atoms with E-state index in [0.29, 0.717) is 6.42 Å². The topological polar surface area (TPSA) is 59.0 Å². The smallest absolute Gasteiger partial charge is 0.220 e. The molecule has 0 saturated carbocycles. The number of carbonyl (C=O) groups is 1. The Morgan fingerprint density at radius 3 is 2.64 bits per heavy atom. The molecule has 2 rings (SSSR count). The van der Waals surface area contributed by atoms with Crippen LogP contribution in [0.2, 0.25) is 0 Å². The summed E-state index contributed by atoms with van der Waals surface area (Å²) >= 11 is 0. The number of fused-ring (bicyclic) bond motifs is 1. The first kappa shape index (κ1) is 20.7. The first-order valence-electron chi connectivity index (χ1n) is 6.98. The van der Waals surface area contributed by atoms with Crippen LogP contribution in [0.1, 0.15) is 31.6 Å². The van der Waals surface area contributed by atoms with Gasteiger partial charge >= 0.3 is 0 Å². The molecule has 0 radical (unpaired) electrons. The quantitative estimate of drug-likeness (QED) is 0.790. The van der Waals surface area contributed by atoms with Crippen molar-refractivity contribution in [3.05, 3.63) is 30.1 Å². The molecule has 22 heavy (non-hydrogen) atoms. The predicted molar refractivity (Wildman–Crippen MR) is 94.9 cm³/mol. The van der Waals surface area contributed by atoms with Gasteiger partial charge in [0, 0.05) is 13.5 Å². The normalized spacial score (nSPS) is 11.4. The fraction of sp³-hybridized carbons (Fsp3) is 0.467. The monoisotopic (exact) mass is 346 g/mol. The number of halogens is 2. The molecular formula is C15H24Cl2N4O. The van der Waals surface area contributed by atoms with E-state index < -0.39 is 0 Å². The van der Waals surface area contributed by atoms with Crippen molar-refractivity contribution < 1.29 is 4.79 Å². The molecule has 0 bridgehead atoms. The second-order valence-corrected chi connectivity index (χ2v) is 5.01. The predicted octanol–water partition coefficient (Wildman–Crippen LogP) is 2.59. The van der Waals surface area contributed by atoms with Gasteiger partial charge in [-0.15, -0.1) is 24.8 Å². The number of aryl methyl sites for hydroxylation is 1. The van der Waals surface area contributed by atoms with Crippen molar-refractivity contribution in [3.8, 4) is 0 Å². The van der Waals surface area contributed by atoms with Gasteiger partial charge in [0.1, 0.15) is 5.82 Å². The molecule has 0 fully saturated rings. The fourth-order valence-electron chi connectivity index (χ4n) is 2.36. The standard InChI is InChI=1S/C15H22N4O.2ClH/c1-11(17-14(20)9-6-10-16-2)15-18-12-7-4-5-8-13(12)19(15)3;;/h4-5,7-8,11,16H,6,9-10H2,1-3H3,(H,17,20);2*1H. The molecule has 0 saturated heterocycles. The summed E-state index contributed by atoms with van der Waals surface area (Å²) in [6, 6.07) is 7.90. The van der Waals surface area contributed by atoms with Crippen molar-refractivity contribution in [1.82, 2.24) is 20.2 Å². The van der Waals surface area contributed by atoms with Crippen LogP contribution in [0.3, 0.4) is 0 Å². The first-order chi connectivity index (χ1) is 9.63. The highest BCUT2D eigenvalue weighted by molar-refractivity contribution is 5.85. The summed E-state index contributed by atoms with van der Waals surface area (Å²) in [5.74, 6) is 0.952. The Morgan fingerprint density at radius 2 is 2.00 bits per heavy atom. The number of rotatable bonds is 6. The molecule has 1 atom stereocenters. The van der Waals surface area contributed by atoms with Gasteiger partial charge in [-0.2, -0.15) is 0 Å². The number of carbonyl (C=O) groups excluding carboxylic acids is 1. The Labute approximate surface area is 143 Å². The number of amides is 1. The fourth-order valence-corrected chi connectivity index (χ4v) is 2.36. The summed E-state index contributed by atoms with van der Waals surface area (Å²) in [5, 5.41) is 6.05. The highest BCUT2D eigenvalue weighted by Gasteiger charge is 2.15. The van der Waals surface area contributed by atoms with Crippen LogP contribution in [0.25, 0.3) is 11.0 Å². The van der Waals surface area contributed by atoms with Gasteiger partial charge in [0.15, 0.2) is 0 Å². The third-order valence-corrected chi connectivity index (χ3v) is 3.42. The van der Waals surface area contributed by atoms with Crippen LogP contribution in [-0.4, -0.2) is 29.1 Å². The highest BCUT2D eigenvalue weighted by Crippen LogP contribution is 2.19. The van der Waals surface area contributed by atoms with E-state index in [-0.39, 0.29) is 36.8 Å². The van der Waals surface area contributed by atoms with Crippen molar-refractivity contribution >= 4 is 41.8 Å².